The first kappa shape index (κ1) is 16.1. The van der Waals surface area contributed by atoms with E-state index in [1.165, 1.54) is 16.8 Å². The highest BCUT2D eigenvalue weighted by Crippen LogP contribution is 2.16. The van der Waals surface area contributed by atoms with Gasteiger partial charge in [0.15, 0.2) is 5.69 Å². The zero-order valence-electron chi connectivity index (χ0n) is 12.7. The van der Waals surface area contributed by atoms with E-state index in [-0.39, 0.29) is 18.1 Å². The molecular formula is C17H13ClFN3O2. The van der Waals surface area contributed by atoms with Crippen LogP contribution in [0.25, 0.3) is 5.69 Å². The number of hydrogen-bond donors (Lipinski definition) is 0. The summed E-state index contributed by atoms with van der Waals surface area (Å²) in [5.74, 6) is -0.927. The molecule has 0 saturated carbocycles. The second-order valence-corrected chi connectivity index (χ2v) is 5.55. The predicted molar refractivity (Wildman–Crippen MR) is 86.6 cm³/mol. The highest BCUT2D eigenvalue weighted by Gasteiger charge is 2.18. The van der Waals surface area contributed by atoms with Crippen molar-refractivity contribution in [2.24, 2.45) is 0 Å². The third kappa shape index (κ3) is 3.44. The molecule has 1 aromatic heterocycles. The topological polar surface area (TPSA) is 57.0 Å². The first-order chi connectivity index (χ1) is 11.5. The zero-order chi connectivity index (χ0) is 17.1. The quantitative estimate of drug-likeness (QED) is 0.676. The van der Waals surface area contributed by atoms with Gasteiger partial charge in [-0.1, -0.05) is 28.9 Å². The van der Waals surface area contributed by atoms with Crippen LogP contribution in [0.1, 0.15) is 21.7 Å². The number of rotatable bonds is 4. The molecule has 0 radical (unpaired) electrons. The standard InChI is InChI=1S/C17H13ClFN3O2/c1-11-16(17(23)24-10-12-2-6-14(19)7-3-12)20-21-22(11)15-8-4-13(18)5-9-15/h2-9H,10H2,1H3. The highest BCUT2D eigenvalue weighted by atomic mass is 35.5. The molecule has 7 heteroatoms. The Morgan fingerprint density at radius 3 is 2.50 bits per heavy atom. The largest absolute Gasteiger partial charge is 0.456 e. The minimum absolute atomic E-state index is 0.0341. The zero-order valence-corrected chi connectivity index (χ0v) is 13.5. The monoisotopic (exact) mass is 345 g/mol. The van der Waals surface area contributed by atoms with Crippen LogP contribution >= 0.6 is 11.6 Å². The van der Waals surface area contributed by atoms with Crippen LogP contribution in [0.3, 0.4) is 0 Å². The second kappa shape index (κ2) is 6.80. The summed E-state index contributed by atoms with van der Waals surface area (Å²) in [6, 6.07) is 12.7. The Morgan fingerprint density at radius 2 is 1.83 bits per heavy atom. The van der Waals surface area contributed by atoms with Gasteiger partial charge >= 0.3 is 5.97 Å². The van der Waals surface area contributed by atoms with E-state index >= 15 is 0 Å². The highest BCUT2D eigenvalue weighted by molar-refractivity contribution is 6.30. The van der Waals surface area contributed by atoms with Gasteiger partial charge < -0.3 is 4.74 Å². The maximum atomic E-state index is 12.9. The Bertz CT molecular complexity index is 861. The van der Waals surface area contributed by atoms with Crippen molar-refractivity contribution >= 4 is 17.6 Å². The van der Waals surface area contributed by atoms with Gasteiger partial charge in [-0.25, -0.2) is 13.9 Å². The van der Waals surface area contributed by atoms with Crippen LogP contribution in [0, 0.1) is 12.7 Å². The number of carbonyl (C=O) groups excluding carboxylic acids is 1. The van der Waals surface area contributed by atoms with Crippen molar-refractivity contribution < 1.29 is 13.9 Å². The molecule has 0 aliphatic heterocycles. The molecule has 0 bridgehead atoms. The van der Waals surface area contributed by atoms with Crippen molar-refractivity contribution in [3.63, 3.8) is 0 Å². The molecule has 0 N–H and O–H groups in total. The molecule has 0 aliphatic rings. The van der Waals surface area contributed by atoms with E-state index in [0.29, 0.717) is 16.3 Å². The molecule has 0 aliphatic carbocycles. The maximum absolute atomic E-state index is 12.9. The van der Waals surface area contributed by atoms with Crippen LogP contribution in [0.15, 0.2) is 48.5 Å². The summed E-state index contributed by atoms with van der Waals surface area (Å²) in [5.41, 5.74) is 2.11. The molecule has 122 valence electrons. The van der Waals surface area contributed by atoms with Gasteiger partial charge in [0, 0.05) is 5.02 Å². The number of carbonyl (C=O) groups is 1. The molecule has 2 aromatic carbocycles. The van der Waals surface area contributed by atoms with E-state index in [4.69, 9.17) is 16.3 Å². The minimum Gasteiger partial charge on any atom is -0.456 e. The summed E-state index contributed by atoms with van der Waals surface area (Å²) >= 11 is 5.86. The normalized spacial score (nSPS) is 10.6. The van der Waals surface area contributed by atoms with Crippen molar-refractivity contribution in [2.75, 3.05) is 0 Å². The molecule has 3 rings (SSSR count). The Labute approximate surface area is 142 Å². The Kier molecular flexibility index (Phi) is 4.57. The van der Waals surface area contributed by atoms with Gasteiger partial charge in [0.2, 0.25) is 0 Å². The first-order valence-electron chi connectivity index (χ1n) is 7.14. The number of benzene rings is 2. The fraction of sp³-hybridized carbons (Fsp3) is 0.118. The van der Waals surface area contributed by atoms with E-state index < -0.39 is 5.97 Å². The lowest BCUT2D eigenvalue weighted by Crippen LogP contribution is -2.08. The van der Waals surface area contributed by atoms with E-state index in [2.05, 4.69) is 10.3 Å². The van der Waals surface area contributed by atoms with E-state index in [9.17, 15) is 9.18 Å². The Balaban J connectivity index is 1.74. The molecule has 24 heavy (non-hydrogen) atoms. The van der Waals surface area contributed by atoms with Gasteiger partial charge in [-0.15, -0.1) is 5.10 Å². The first-order valence-corrected chi connectivity index (χ1v) is 7.52. The molecular weight excluding hydrogens is 333 g/mol. The average molecular weight is 346 g/mol. The SMILES string of the molecule is Cc1c(C(=O)OCc2ccc(F)cc2)nnn1-c1ccc(Cl)cc1. The molecule has 3 aromatic rings. The Morgan fingerprint density at radius 1 is 1.17 bits per heavy atom. The summed E-state index contributed by atoms with van der Waals surface area (Å²) in [7, 11) is 0. The lowest BCUT2D eigenvalue weighted by molar-refractivity contribution is 0.0464. The summed E-state index contributed by atoms with van der Waals surface area (Å²) in [6.07, 6.45) is 0. The van der Waals surface area contributed by atoms with Crippen molar-refractivity contribution in [1.82, 2.24) is 15.0 Å². The number of esters is 1. The molecule has 0 atom stereocenters. The lowest BCUT2D eigenvalue weighted by atomic mass is 10.2. The second-order valence-electron chi connectivity index (χ2n) is 5.11. The van der Waals surface area contributed by atoms with Crippen LogP contribution < -0.4 is 0 Å². The van der Waals surface area contributed by atoms with Crippen molar-refractivity contribution in [2.45, 2.75) is 13.5 Å². The smallest absolute Gasteiger partial charge is 0.361 e. The van der Waals surface area contributed by atoms with Crippen LogP contribution in [0.5, 0.6) is 0 Å². The van der Waals surface area contributed by atoms with E-state index in [1.807, 2.05) is 0 Å². The van der Waals surface area contributed by atoms with Crippen LogP contribution in [-0.4, -0.2) is 21.0 Å². The van der Waals surface area contributed by atoms with E-state index in [0.717, 1.165) is 5.69 Å². The molecule has 0 saturated heterocycles. The van der Waals surface area contributed by atoms with Gasteiger partial charge in [0.05, 0.1) is 11.4 Å². The number of hydrogen-bond acceptors (Lipinski definition) is 4. The van der Waals surface area contributed by atoms with Crippen molar-refractivity contribution in [3.05, 3.63) is 76.3 Å². The molecule has 0 fully saturated rings. The van der Waals surface area contributed by atoms with E-state index in [1.54, 1.807) is 43.3 Å². The number of nitrogens with zero attached hydrogens (tertiary/aromatic N) is 3. The molecule has 0 spiro atoms. The van der Waals surface area contributed by atoms with Crippen LogP contribution in [0.2, 0.25) is 5.02 Å². The predicted octanol–water partition coefficient (Wildman–Crippen LogP) is 3.73. The van der Waals surface area contributed by atoms with Gasteiger partial charge in [-0.2, -0.15) is 0 Å². The molecule has 0 unspecified atom stereocenters. The average Bonchev–Trinajstić information content (AvgIpc) is 2.96. The third-order valence-corrected chi connectivity index (χ3v) is 3.69. The van der Waals surface area contributed by atoms with Gasteiger partial charge in [-0.3, -0.25) is 0 Å². The minimum atomic E-state index is -0.586. The maximum Gasteiger partial charge on any atom is 0.361 e. The fourth-order valence-corrected chi connectivity index (χ4v) is 2.27. The summed E-state index contributed by atoms with van der Waals surface area (Å²) < 4.78 is 19.6. The van der Waals surface area contributed by atoms with Gasteiger partial charge in [-0.05, 0) is 48.9 Å². The fourth-order valence-electron chi connectivity index (χ4n) is 2.14. The van der Waals surface area contributed by atoms with Gasteiger partial charge in [0.25, 0.3) is 0 Å². The number of aromatic nitrogens is 3. The van der Waals surface area contributed by atoms with Crippen molar-refractivity contribution in [3.8, 4) is 5.69 Å². The lowest BCUT2D eigenvalue weighted by Gasteiger charge is -2.05. The molecule has 1 heterocycles. The van der Waals surface area contributed by atoms with Crippen LogP contribution in [-0.2, 0) is 11.3 Å². The molecule has 0 amide bonds. The summed E-state index contributed by atoms with van der Waals surface area (Å²) in [5, 5.41) is 8.47. The van der Waals surface area contributed by atoms with Crippen molar-refractivity contribution in [1.29, 1.82) is 0 Å². The van der Waals surface area contributed by atoms with Gasteiger partial charge in [0.1, 0.15) is 12.4 Å². The summed E-state index contributed by atoms with van der Waals surface area (Å²) in [6.45, 7) is 1.76. The third-order valence-electron chi connectivity index (χ3n) is 3.44. The van der Waals surface area contributed by atoms with Crippen LogP contribution in [0.4, 0.5) is 4.39 Å². The molecule has 5 nitrogen and oxygen atoms in total. The number of halogens is 2. The Hall–Kier alpha value is -2.73. The summed E-state index contributed by atoms with van der Waals surface area (Å²) in [4.78, 5) is 12.2. The number of ether oxygens (including phenoxy) is 1.